The van der Waals surface area contributed by atoms with Gasteiger partial charge in [-0.1, -0.05) is 35.9 Å². The summed E-state index contributed by atoms with van der Waals surface area (Å²) in [5.41, 5.74) is 2.57. The standard InChI is InChI=1S/C27H23ClN2O6S/c1-35-26(33)19-9-12-21(27(34)36-2)22(13-19)29-24(32)17-5-7-18(8-6-17)25-30(23(31)15-37-25)14-16-3-10-20(28)11-4-16/h3-13,25H,14-15H2,1-2H3,(H,29,32)/t25-/m0/s1. The number of rotatable bonds is 7. The number of carbonyl (C=O) groups is 4. The van der Waals surface area contributed by atoms with Crippen LogP contribution in [0.2, 0.25) is 5.02 Å². The van der Waals surface area contributed by atoms with Gasteiger partial charge < -0.3 is 19.7 Å². The van der Waals surface area contributed by atoms with E-state index in [4.69, 9.17) is 21.1 Å². The van der Waals surface area contributed by atoms with Crippen molar-refractivity contribution in [3.8, 4) is 0 Å². The number of methoxy groups -OCH3 is 2. The number of esters is 2. The quantitative estimate of drug-likeness (QED) is 0.425. The Morgan fingerprint density at radius 3 is 2.24 bits per heavy atom. The van der Waals surface area contributed by atoms with Gasteiger partial charge in [0.25, 0.3) is 5.91 Å². The first-order valence-corrected chi connectivity index (χ1v) is 12.6. The summed E-state index contributed by atoms with van der Waals surface area (Å²) in [6, 6.07) is 18.4. The van der Waals surface area contributed by atoms with E-state index in [0.717, 1.165) is 11.1 Å². The molecule has 0 spiro atoms. The molecule has 0 aliphatic carbocycles. The van der Waals surface area contributed by atoms with Crippen LogP contribution in [0.1, 0.15) is 47.6 Å². The summed E-state index contributed by atoms with van der Waals surface area (Å²) in [5.74, 6) is -1.35. The molecular formula is C27H23ClN2O6S. The number of carbonyl (C=O) groups excluding carboxylic acids is 4. The van der Waals surface area contributed by atoms with Gasteiger partial charge >= 0.3 is 11.9 Å². The van der Waals surface area contributed by atoms with Crippen molar-refractivity contribution in [2.75, 3.05) is 25.3 Å². The Hall–Kier alpha value is -3.82. The molecule has 0 aromatic heterocycles. The molecule has 1 aliphatic heterocycles. The fourth-order valence-electron chi connectivity index (χ4n) is 3.86. The molecule has 1 atom stereocenters. The van der Waals surface area contributed by atoms with E-state index in [2.05, 4.69) is 5.32 Å². The van der Waals surface area contributed by atoms with Crippen molar-refractivity contribution >= 4 is 52.8 Å². The van der Waals surface area contributed by atoms with Gasteiger partial charge in [-0.05, 0) is 53.6 Å². The monoisotopic (exact) mass is 538 g/mol. The highest BCUT2D eigenvalue weighted by molar-refractivity contribution is 8.00. The zero-order valence-corrected chi connectivity index (χ0v) is 21.6. The third-order valence-corrected chi connectivity index (χ3v) is 7.29. The van der Waals surface area contributed by atoms with Crippen molar-refractivity contribution in [2.45, 2.75) is 11.9 Å². The van der Waals surface area contributed by atoms with Crippen LogP contribution in [0.15, 0.2) is 66.7 Å². The van der Waals surface area contributed by atoms with Gasteiger partial charge in [0, 0.05) is 17.1 Å². The van der Waals surface area contributed by atoms with Crippen molar-refractivity contribution in [2.24, 2.45) is 0 Å². The average molecular weight is 539 g/mol. The number of hydrogen-bond acceptors (Lipinski definition) is 7. The Bertz CT molecular complexity index is 1340. The molecule has 3 aromatic carbocycles. The minimum atomic E-state index is -0.661. The maximum absolute atomic E-state index is 13.0. The largest absolute Gasteiger partial charge is 0.465 e. The number of hydrogen-bond donors (Lipinski definition) is 1. The van der Waals surface area contributed by atoms with Gasteiger partial charge in [-0.2, -0.15) is 0 Å². The highest BCUT2D eigenvalue weighted by Crippen LogP contribution is 2.39. The van der Waals surface area contributed by atoms with Gasteiger partial charge in [0.1, 0.15) is 5.37 Å². The van der Waals surface area contributed by atoms with Crippen LogP contribution >= 0.6 is 23.4 Å². The molecule has 4 rings (SSSR count). The smallest absolute Gasteiger partial charge is 0.339 e. The number of benzene rings is 3. The summed E-state index contributed by atoms with van der Waals surface area (Å²) in [4.78, 5) is 51.4. The molecule has 190 valence electrons. The number of amides is 2. The van der Waals surface area contributed by atoms with Gasteiger partial charge in [0.2, 0.25) is 5.91 Å². The van der Waals surface area contributed by atoms with Crippen LogP contribution < -0.4 is 5.32 Å². The van der Waals surface area contributed by atoms with Gasteiger partial charge in [-0.25, -0.2) is 9.59 Å². The second-order valence-corrected chi connectivity index (χ2v) is 9.64. The maximum Gasteiger partial charge on any atom is 0.339 e. The fraction of sp³-hybridized carbons (Fsp3) is 0.185. The van der Waals surface area contributed by atoms with Crippen LogP contribution in [0.3, 0.4) is 0 Å². The zero-order valence-electron chi connectivity index (χ0n) is 20.0. The van der Waals surface area contributed by atoms with E-state index >= 15 is 0 Å². The van der Waals surface area contributed by atoms with E-state index in [1.807, 2.05) is 12.1 Å². The molecule has 1 N–H and O–H groups in total. The van der Waals surface area contributed by atoms with Gasteiger partial charge in [-0.3, -0.25) is 9.59 Å². The summed E-state index contributed by atoms with van der Waals surface area (Å²) >= 11 is 7.49. The van der Waals surface area contributed by atoms with Crippen molar-refractivity contribution in [3.63, 3.8) is 0 Å². The highest BCUT2D eigenvalue weighted by atomic mass is 35.5. The average Bonchev–Trinajstić information content (AvgIpc) is 3.28. The number of nitrogens with one attached hydrogen (secondary N) is 1. The summed E-state index contributed by atoms with van der Waals surface area (Å²) in [5, 5.41) is 3.12. The normalized spacial score (nSPS) is 14.8. The molecule has 8 nitrogen and oxygen atoms in total. The van der Waals surface area contributed by atoms with Crippen molar-refractivity contribution < 1.29 is 28.7 Å². The molecule has 0 radical (unpaired) electrons. The van der Waals surface area contributed by atoms with Gasteiger partial charge in [0.15, 0.2) is 0 Å². The molecule has 0 saturated carbocycles. The molecular weight excluding hydrogens is 516 g/mol. The molecule has 0 bridgehead atoms. The lowest BCUT2D eigenvalue weighted by molar-refractivity contribution is -0.128. The van der Waals surface area contributed by atoms with Crippen molar-refractivity contribution in [1.29, 1.82) is 0 Å². The third kappa shape index (κ3) is 5.95. The second-order valence-electron chi connectivity index (χ2n) is 8.13. The van der Waals surface area contributed by atoms with Crippen LogP contribution in [-0.4, -0.2) is 48.6 Å². The lowest BCUT2D eigenvalue weighted by Crippen LogP contribution is -2.27. The second kappa shape index (κ2) is 11.5. The number of ether oxygens (including phenoxy) is 2. The number of nitrogens with zero attached hydrogens (tertiary/aromatic N) is 1. The predicted molar refractivity (Wildman–Crippen MR) is 141 cm³/mol. The van der Waals surface area contributed by atoms with Crippen LogP contribution in [0.5, 0.6) is 0 Å². The number of halogens is 1. The van der Waals surface area contributed by atoms with E-state index in [-0.39, 0.29) is 28.1 Å². The van der Waals surface area contributed by atoms with Gasteiger partial charge in [-0.15, -0.1) is 11.8 Å². The Labute approximate surface area is 222 Å². The van der Waals surface area contributed by atoms with Crippen LogP contribution in [0.4, 0.5) is 5.69 Å². The van der Waals surface area contributed by atoms with Crippen molar-refractivity contribution in [3.05, 3.63) is 99.6 Å². The van der Waals surface area contributed by atoms with Gasteiger partial charge in [0.05, 0.1) is 36.8 Å². The lowest BCUT2D eigenvalue weighted by Gasteiger charge is -2.24. The van der Waals surface area contributed by atoms with E-state index in [9.17, 15) is 19.2 Å². The SMILES string of the molecule is COC(=O)c1ccc(C(=O)OC)c(NC(=O)c2ccc([C@@H]3SCC(=O)N3Cc3ccc(Cl)cc3)cc2)c1. The summed E-state index contributed by atoms with van der Waals surface area (Å²) in [6.07, 6.45) is 0. The van der Waals surface area contributed by atoms with Crippen LogP contribution in [0, 0.1) is 0 Å². The molecule has 3 aromatic rings. The minimum absolute atomic E-state index is 0.0348. The molecule has 1 aliphatic rings. The highest BCUT2D eigenvalue weighted by Gasteiger charge is 2.32. The van der Waals surface area contributed by atoms with Crippen LogP contribution in [-0.2, 0) is 20.8 Å². The van der Waals surface area contributed by atoms with E-state index in [1.54, 1.807) is 41.3 Å². The fourth-order valence-corrected chi connectivity index (χ4v) is 5.18. The molecule has 10 heteroatoms. The lowest BCUT2D eigenvalue weighted by atomic mass is 10.1. The van der Waals surface area contributed by atoms with Crippen LogP contribution in [0.25, 0.3) is 0 Å². The maximum atomic E-state index is 13.0. The van der Waals surface area contributed by atoms with E-state index in [0.29, 0.717) is 22.9 Å². The Morgan fingerprint density at radius 2 is 1.59 bits per heavy atom. The third-order valence-electron chi connectivity index (χ3n) is 5.79. The topological polar surface area (TPSA) is 102 Å². The Balaban J connectivity index is 1.52. The molecule has 1 saturated heterocycles. The molecule has 37 heavy (non-hydrogen) atoms. The summed E-state index contributed by atoms with van der Waals surface area (Å²) in [7, 11) is 2.46. The predicted octanol–water partition coefficient (Wildman–Crippen LogP) is 4.94. The zero-order chi connectivity index (χ0) is 26.5. The molecule has 1 fully saturated rings. The van der Waals surface area contributed by atoms with E-state index < -0.39 is 17.8 Å². The molecule has 2 amide bonds. The Kier molecular flexibility index (Phi) is 8.15. The minimum Gasteiger partial charge on any atom is -0.465 e. The Morgan fingerprint density at radius 1 is 0.946 bits per heavy atom. The first-order chi connectivity index (χ1) is 17.8. The first-order valence-electron chi connectivity index (χ1n) is 11.2. The number of anilines is 1. The van der Waals surface area contributed by atoms with Crippen molar-refractivity contribution in [1.82, 2.24) is 4.90 Å². The summed E-state index contributed by atoms with van der Waals surface area (Å²) in [6.45, 7) is 0.447. The summed E-state index contributed by atoms with van der Waals surface area (Å²) < 4.78 is 9.51. The first kappa shape index (κ1) is 26.2. The number of thioether (sulfide) groups is 1. The molecule has 1 heterocycles. The van der Waals surface area contributed by atoms with E-state index in [1.165, 1.54) is 44.2 Å². The molecule has 0 unspecified atom stereocenters.